The predicted octanol–water partition coefficient (Wildman–Crippen LogP) is 5.04. The number of hydrogen-bond donors (Lipinski definition) is 1. The molecule has 0 aliphatic carbocycles. The van der Waals surface area contributed by atoms with E-state index in [4.69, 9.17) is 9.47 Å². The molecule has 3 aromatic rings. The SMILES string of the molecule is COc1ccc([C@@H]2CC=C(C(=O)O)[C@H](c3cccc(F)c3)N2S(=O)(=O)c2ccc(C)cc2)cc1OC. The van der Waals surface area contributed by atoms with E-state index in [1.165, 1.54) is 50.6 Å². The summed E-state index contributed by atoms with van der Waals surface area (Å²) in [6.07, 6.45) is 1.59. The number of aryl methyl sites for hydroxylation is 1. The van der Waals surface area contributed by atoms with Crippen LogP contribution in [0.25, 0.3) is 0 Å². The molecule has 0 aromatic heterocycles. The first-order chi connectivity index (χ1) is 17.2. The summed E-state index contributed by atoms with van der Waals surface area (Å²) in [5.74, 6) is -1.01. The largest absolute Gasteiger partial charge is 0.493 e. The lowest BCUT2D eigenvalue weighted by Crippen LogP contribution is -2.42. The number of nitrogens with zero attached hydrogens (tertiary/aromatic N) is 1. The molecule has 0 unspecified atom stereocenters. The van der Waals surface area contributed by atoms with Gasteiger partial charge >= 0.3 is 5.97 Å². The molecule has 0 radical (unpaired) electrons. The van der Waals surface area contributed by atoms with Crippen LogP contribution < -0.4 is 9.47 Å². The van der Waals surface area contributed by atoms with Gasteiger partial charge in [0, 0.05) is 0 Å². The molecule has 4 rings (SSSR count). The highest BCUT2D eigenvalue weighted by molar-refractivity contribution is 7.89. The van der Waals surface area contributed by atoms with E-state index in [-0.39, 0.29) is 22.5 Å². The van der Waals surface area contributed by atoms with Gasteiger partial charge in [0.1, 0.15) is 5.82 Å². The van der Waals surface area contributed by atoms with Crippen molar-refractivity contribution in [3.8, 4) is 11.5 Å². The standard InChI is InChI=1S/C27H26FNO6S/c1-17-7-10-21(11-8-17)36(32,33)29-23(18-9-14-24(34-2)25(16-18)35-3)13-12-22(27(30)31)26(29)19-5-4-6-20(28)15-19/h4-12,14-16,23,26H,13H2,1-3H3,(H,30,31)/t23-,26-/m0/s1. The summed E-state index contributed by atoms with van der Waals surface area (Å²) in [5, 5.41) is 10.0. The molecular formula is C27H26FNO6S. The monoisotopic (exact) mass is 511 g/mol. The third kappa shape index (κ3) is 4.72. The van der Waals surface area contributed by atoms with Gasteiger partial charge in [-0.25, -0.2) is 17.6 Å². The van der Waals surface area contributed by atoms with Crippen molar-refractivity contribution in [2.45, 2.75) is 30.3 Å². The van der Waals surface area contributed by atoms with Crippen LogP contribution in [0.1, 0.15) is 35.2 Å². The molecule has 0 amide bonds. The Hall–Kier alpha value is -3.69. The lowest BCUT2D eigenvalue weighted by atomic mass is 9.89. The maximum absolute atomic E-state index is 14.3. The zero-order valence-corrected chi connectivity index (χ0v) is 20.8. The van der Waals surface area contributed by atoms with Crippen LogP contribution in [0.3, 0.4) is 0 Å². The molecule has 1 heterocycles. The maximum Gasteiger partial charge on any atom is 0.333 e. The number of halogens is 1. The average Bonchev–Trinajstić information content (AvgIpc) is 2.87. The van der Waals surface area contributed by atoms with E-state index in [2.05, 4.69) is 0 Å². The van der Waals surface area contributed by atoms with Gasteiger partial charge in [-0.15, -0.1) is 0 Å². The van der Waals surface area contributed by atoms with Gasteiger partial charge in [0.25, 0.3) is 0 Å². The Morgan fingerprint density at radius 3 is 2.28 bits per heavy atom. The molecule has 188 valence electrons. The van der Waals surface area contributed by atoms with Crippen LogP contribution in [0.15, 0.2) is 83.3 Å². The van der Waals surface area contributed by atoms with Crippen LogP contribution in [0.2, 0.25) is 0 Å². The van der Waals surface area contributed by atoms with E-state index in [9.17, 15) is 22.7 Å². The minimum atomic E-state index is -4.25. The Morgan fingerprint density at radius 1 is 0.972 bits per heavy atom. The summed E-state index contributed by atoms with van der Waals surface area (Å²) in [6, 6.07) is 14.6. The van der Waals surface area contributed by atoms with E-state index >= 15 is 0 Å². The molecule has 1 aliphatic rings. The quantitative estimate of drug-likeness (QED) is 0.478. The minimum Gasteiger partial charge on any atom is -0.493 e. The zero-order valence-electron chi connectivity index (χ0n) is 20.0. The van der Waals surface area contributed by atoms with Gasteiger partial charge in [-0.05, 0) is 60.9 Å². The van der Waals surface area contributed by atoms with Crippen molar-refractivity contribution in [2.75, 3.05) is 14.2 Å². The number of sulfonamides is 1. The van der Waals surface area contributed by atoms with Gasteiger partial charge in [0.15, 0.2) is 11.5 Å². The topological polar surface area (TPSA) is 93.1 Å². The molecule has 1 aliphatic heterocycles. The minimum absolute atomic E-state index is 0.00613. The van der Waals surface area contributed by atoms with E-state index in [1.807, 2.05) is 6.92 Å². The van der Waals surface area contributed by atoms with Crippen molar-refractivity contribution < 1.29 is 32.2 Å². The Morgan fingerprint density at radius 2 is 1.67 bits per heavy atom. The van der Waals surface area contributed by atoms with Gasteiger partial charge < -0.3 is 14.6 Å². The summed E-state index contributed by atoms with van der Waals surface area (Å²) < 4.78 is 54.5. The van der Waals surface area contributed by atoms with Crippen LogP contribution in [0.4, 0.5) is 4.39 Å². The van der Waals surface area contributed by atoms with Crippen molar-refractivity contribution >= 4 is 16.0 Å². The molecule has 3 aromatic carbocycles. The predicted molar refractivity (Wildman–Crippen MR) is 132 cm³/mol. The van der Waals surface area contributed by atoms with Gasteiger partial charge in [0.2, 0.25) is 10.0 Å². The Balaban J connectivity index is 1.98. The van der Waals surface area contributed by atoms with Gasteiger partial charge in [-0.3, -0.25) is 0 Å². The number of hydrogen-bond acceptors (Lipinski definition) is 5. The number of benzene rings is 3. The van der Waals surface area contributed by atoms with Crippen molar-refractivity contribution in [2.24, 2.45) is 0 Å². The number of ether oxygens (including phenoxy) is 2. The number of methoxy groups -OCH3 is 2. The molecule has 9 heteroatoms. The second-order valence-electron chi connectivity index (χ2n) is 8.44. The van der Waals surface area contributed by atoms with Crippen molar-refractivity contribution in [1.82, 2.24) is 4.31 Å². The van der Waals surface area contributed by atoms with Crippen molar-refractivity contribution in [3.05, 3.63) is 101 Å². The van der Waals surface area contributed by atoms with E-state index in [1.54, 1.807) is 30.3 Å². The number of aliphatic carboxylic acids is 1. The van der Waals surface area contributed by atoms with Crippen molar-refractivity contribution in [3.63, 3.8) is 0 Å². The van der Waals surface area contributed by atoms with Crippen LogP contribution in [-0.4, -0.2) is 38.0 Å². The Kier molecular flexibility index (Phi) is 7.14. The van der Waals surface area contributed by atoms with E-state index < -0.39 is 33.9 Å². The highest BCUT2D eigenvalue weighted by Gasteiger charge is 2.44. The van der Waals surface area contributed by atoms with Crippen LogP contribution in [-0.2, 0) is 14.8 Å². The molecule has 0 bridgehead atoms. The highest BCUT2D eigenvalue weighted by Crippen LogP contribution is 2.46. The van der Waals surface area contributed by atoms with E-state index in [0.29, 0.717) is 17.1 Å². The number of carboxylic acids is 1. The van der Waals surface area contributed by atoms with Crippen LogP contribution in [0.5, 0.6) is 11.5 Å². The van der Waals surface area contributed by atoms with Gasteiger partial charge in [0.05, 0.1) is 36.8 Å². The fraction of sp³-hybridized carbons (Fsp3) is 0.222. The molecule has 0 saturated carbocycles. The highest BCUT2D eigenvalue weighted by atomic mass is 32.2. The zero-order chi connectivity index (χ0) is 26.0. The molecule has 0 saturated heterocycles. The molecule has 0 spiro atoms. The first-order valence-corrected chi connectivity index (χ1v) is 12.6. The normalized spacial score (nSPS) is 18.4. The molecule has 36 heavy (non-hydrogen) atoms. The molecular weight excluding hydrogens is 485 g/mol. The maximum atomic E-state index is 14.3. The smallest absolute Gasteiger partial charge is 0.333 e. The molecule has 1 N–H and O–H groups in total. The van der Waals surface area contributed by atoms with Crippen LogP contribution >= 0.6 is 0 Å². The molecule has 0 fully saturated rings. The Labute approximate surface area is 209 Å². The Bertz CT molecular complexity index is 1420. The lowest BCUT2D eigenvalue weighted by molar-refractivity contribution is -0.133. The van der Waals surface area contributed by atoms with Crippen LogP contribution in [0, 0.1) is 12.7 Å². The summed E-state index contributed by atoms with van der Waals surface area (Å²) >= 11 is 0. The fourth-order valence-corrected chi connectivity index (χ4v) is 6.24. The van der Waals surface area contributed by atoms with Crippen molar-refractivity contribution in [1.29, 1.82) is 0 Å². The number of carboxylic acid groups (broad SMARTS) is 1. The molecule has 2 atom stereocenters. The third-order valence-corrected chi connectivity index (χ3v) is 8.11. The molecule has 7 nitrogen and oxygen atoms in total. The summed E-state index contributed by atoms with van der Waals surface area (Å²) in [5.41, 5.74) is 1.51. The number of carbonyl (C=O) groups is 1. The lowest BCUT2D eigenvalue weighted by Gasteiger charge is -2.40. The van der Waals surface area contributed by atoms with Gasteiger partial charge in [-0.2, -0.15) is 4.31 Å². The summed E-state index contributed by atoms with van der Waals surface area (Å²) in [7, 11) is -1.29. The first kappa shape index (κ1) is 25.4. The summed E-state index contributed by atoms with van der Waals surface area (Å²) in [6.45, 7) is 1.84. The van der Waals surface area contributed by atoms with Gasteiger partial charge in [-0.1, -0.05) is 42.0 Å². The second kappa shape index (κ2) is 10.1. The first-order valence-electron chi connectivity index (χ1n) is 11.2. The fourth-order valence-electron chi connectivity index (χ4n) is 4.46. The second-order valence-corrected chi connectivity index (χ2v) is 10.3. The average molecular weight is 512 g/mol. The third-order valence-electron chi connectivity index (χ3n) is 6.22. The number of rotatable bonds is 7. The van der Waals surface area contributed by atoms with E-state index in [0.717, 1.165) is 15.9 Å². The summed E-state index contributed by atoms with van der Waals surface area (Å²) in [4.78, 5) is 12.3.